The normalized spacial score (nSPS) is 13.2. The molecule has 0 radical (unpaired) electrons. The minimum atomic E-state index is -0.0118. The number of ether oxygens (including phenoxy) is 3. The molecule has 0 aliphatic carbocycles. The maximum atomic E-state index is 13.1. The highest BCUT2D eigenvalue weighted by Gasteiger charge is 2.20. The maximum Gasteiger partial charge on any atom is 0.246 e. The van der Waals surface area contributed by atoms with E-state index in [2.05, 4.69) is 72.3 Å². The minimum absolute atomic E-state index is 0. The molecule has 0 spiro atoms. The molecule has 10 heteroatoms. The monoisotopic (exact) mass is 785 g/mol. The topological polar surface area (TPSA) is 64.1 Å². The molecule has 1 aromatic heterocycles. The highest BCUT2D eigenvalue weighted by molar-refractivity contribution is 6.32. The van der Waals surface area contributed by atoms with Crippen molar-refractivity contribution in [3.8, 4) is 23.1 Å². The van der Waals surface area contributed by atoms with E-state index in [4.69, 9.17) is 37.4 Å². The molecule has 0 N–H and O–H groups in total. The number of aryl methyl sites for hydroxylation is 1. The SMILES string of the molecule is Cc1cc(/C=C/C(=O)N2CCN(Cc3ccc(CCOc4ccc(C(C)C)cc4)cc3)CC2)cc(Cl)c1Oc1ccc(OCc2ccccc2Cl)cn1.Cl. The number of hydrogen-bond donors (Lipinski definition) is 0. The van der Waals surface area contributed by atoms with Crippen molar-refractivity contribution < 1.29 is 19.0 Å². The lowest BCUT2D eigenvalue weighted by atomic mass is 10.0. The number of pyridine rings is 1. The molecular formula is C44H46Cl3N3O4. The molecular weight excluding hydrogens is 741 g/mol. The van der Waals surface area contributed by atoms with Crippen LogP contribution in [0.3, 0.4) is 0 Å². The Morgan fingerprint density at radius 3 is 2.20 bits per heavy atom. The molecule has 5 aromatic rings. The summed E-state index contributed by atoms with van der Waals surface area (Å²) in [5, 5.41) is 1.09. The fraction of sp³-hybridized carbons (Fsp3) is 0.273. The molecule has 1 saturated heterocycles. The zero-order valence-electron chi connectivity index (χ0n) is 30.8. The second-order valence-electron chi connectivity index (χ2n) is 13.5. The number of halogens is 3. The van der Waals surface area contributed by atoms with Gasteiger partial charge in [0.1, 0.15) is 18.1 Å². The van der Waals surface area contributed by atoms with Crippen molar-refractivity contribution in [2.24, 2.45) is 0 Å². The molecule has 0 bridgehead atoms. The molecule has 1 amide bonds. The standard InChI is InChI=1S/C44H45Cl2N3O4.ClH/c1-31(2)36-13-15-38(16-14-36)51-25-20-33-8-10-34(11-9-33)29-48-21-23-49(24-22-48)43(50)19-12-35-26-32(3)44(41(46)27-35)53-42-18-17-39(28-47-42)52-30-37-6-4-5-7-40(37)45;/h4-19,26-28,31H,20-25,29-30H2,1-3H3;1H/b19-12+;. The van der Waals surface area contributed by atoms with Crippen LogP contribution in [0.15, 0.2) is 109 Å². The first-order valence-corrected chi connectivity index (χ1v) is 18.8. The highest BCUT2D eigenvalue weighted by Crippen LogP contribution is 2.34. The van der Waals surface area contributed by atoms with Gasteiger partial charge in [-0.2, -0.15) is 0 Å². The lowest BCUT2D eigenvalue weighted by Gasteiger charge is -2.34. The summed E-state index contributed by atoms with van der Waals surface area (Å²) < 4.78 is 17.8. The molecule has 54 heavy (non-hydrogen) atoms. The summed E-state index contributed by atoms with van der Waals surface area (Å²) in [5.74, 6) is 2.91. The van der Waals surface area contributed by atoms with Crippen LogP contribution >= 0.6 is 35.6 Å². The lowest BCUT2D eigenvalue weighted by molar-refractivity contribution is -0.127. The summed E-state index contributed by atoms with van der Waals surface area (Å²) in [6, 6.07) is 31.9. The number of carbonyl (C=O) groups excluding carboxylic acids is 1. The molecule has 2 heterocycles. The maximum absolute atomic E-state index is 13.1. The lowest BCUT2D eigenvalue weighted by Crippen LogP contribution is -2.47. The Morgan fingerprint density at radius 2 is 1.54 bits per heavy atom. The Labute approximate surface area is 334 Å². The first-order chi connectivity index (χ1) is 25.7. The third kappa shape index (κ3) is 11.5. The molecule has 282 valence electrons. The van der Waals surface area contributed by atoms with Crippen LogP contribution in [-0.4, -0.2) is 53.5 Å². The highest BCUT2D eigenvalue weighted by atomic mass is 35.5. The van der Waals surface area contributed by atoms with Gasteiger partial charge in [0.25, 0.3) is 0 Å². The van der Waals surface area contributed by atoms with Crippen molar-refractivity contribution >= 4 is 47.6 Å². The summed E-state index contributed by atoms with van der Waals surface area (Å²) >= 11 is 12.9. The number of amides is 1. The van der Waals surface area contributed by atoms with E-state index in [-0.39, 0.29) is 18.3 Å². The number of rotatable bonds is 14. The number of benzene rings is 4. The molecule has 7 nitrogen and oxygen atoms in total. The van der Waals surface area contributed by atoms with Crippen LogP contribution in [0.4, 0.5) is 0 Å². The summed E-state index contributed by atoms with van der Waals surface area (Å²) in [5.41, 5.74) is 6.38. The second kappa shape index (κ2) is 19.7. The van der Waals surface area contributed by atoms with E-state index >= 15 is 0 Å². The van der Waals surface area contributed by atoms with Gasteiger partial charge in [0, 0.05) is 61.9 Å². The zero-order chi connectivity index (χ0) is 37.2. The smallest absolute Gasteiger partial charge is 0.246 e. The molecule has 4 aromatic carbocycles. The quantitative estimate of drug-likeness (QED) is 0.104. The summed E-state index contributed by atoms with van der Waals surface area (Å²) in [4.78, 5) is 21.7. The Kier molecular flexibility index (Phi) is 14.8. The van der Waals surface area contributed by atoms with Crippen LogP contribution in [0.5, 0.6) is 23.1 Å². The molecule has 0 saturated carbocycles. The van der Waals surface area contributed by atoms with Gasteiger partial charge in [-0.3, -0.25) is 9.69 Å². The van der Waals surface area contributed by atoms with Crippen LogP contribution in [0.2, 0.25) is 10.0 Å². The fourth-order valence-electron chi connectivity index (χ4n) is 6.08. The molecule has 0 unspecified atom stereocenters. The van der Waals surface area contributed by atoms with Gasteiger partial charge in [-0.25, -0.2) is 4.98 Å². The van der Waals surface area contributed by atoms with E-state index in [1.54, 1.807) is 36.5 Å². The molecule has 0 atom stereocenters. The largest absolute Gasteiger partial charge is 0.493 e. The zero-order valence-corrected chi connectivity index (χ0v) is 33.2. The Balaban J connectivity index is 0.00000561. The number of hydrogen-bond acceptors (Lipinski definition) is 6. The Hall–Kier alpha value is -4.53. The number of aromatic nitrogens is 1. The predicted octanol–water partition coefficient (Wildman–Crippen LogP) is 10.6. The van der Waals surface area contributed by atoms with Gasteiger partial charge >= 0.3 is 0 Å². The fourth-order valence-corrected chi connectivity index (χ4v) is 6.58. The van der Waals surface area contributed by atoms with Gasteiger partial charge < -0.3 is 19.1 Å². The first-order valence-electron chi connectivity index (χ1n) is 18.0. The second-order valence-corrected chi connectivity index (χ2v) is 14.4. The van der Waals surface area contributed by atoms with E-state index in [1.165, 1.54) is 16.7 Å². The number of nitrogens with zero attached hydrogens (tertiary/aromatic N) is 3. The van der Waals surface area contributed by atoms with Crippen LogP contribution in [0.1, 0.15) is 53.1 Å². The van der Waals surface area contributed by atoms with Crippen molar-refractivity contribution in [3.05, 3.63) is 153 Å². The van der Waals surface area contributed by atoms with Crippen molar-refractivity contribution in [1.82, 2.24) is 14.8 Å². The predicted molar refractivity (Wildman–Crippen MR) is 221 cm³/mol. The van der Waals surface area contributed by atoms with E-state index in [9.17, 15) is 4.79 Å². The third-order valence-electron chi connectivity index (χ3n) is 9.26. The number of piperazine rings is 1. The van der Waals surface area contributed by atoms with Gasteiger partial charge in [-0.15, -0.1) is 12.4 Å². The van der Waals surface area contributed by atoms with Gasteiger partial charge in [0.2, 0.25) is 11.8 Å². The van der Waals surface area contributed by atoms with Crippen LogP contribution in [0.25, 0.3) is 6.08 Å². The van der Waals surface area contributed by atoms with E-state index in [0.717, 1.165) is 48.5 Å². The summed E-state index contributed by atoms with van der Waals surface area (Å²) in [6.07, 6.45) is 5.88. The van der Waals surface area contributed by atoms with Gasteiger partial charge in [-0.05, 0) is 83.1 Å². The van der Waals surface area contributed by atoms with Crippen LogP contribution in [-0.2, 0) is 24.4 Å². The van der Waals surface area contributed by atoms with E-state index < -0.39 is 0 Å². The average Bonchev–Trinajstić information content (AvgIpc) is 3.16. The molecule has 1 fully saturated rings. The first kappa shape index (κ1) is 40.7. The van der Waals surface area contributed by atoms with E-state index in [1.807, 2.05) is 42.2 Å². The van der Waals surface area contributed by atoms with Crippen molar-refractivity contribution in [3.63, 3.8) is 0 Å². The minimum Gasteiger partial charge on any atom is -0.493 e. The molecule has 1 aliphatic heterocycles. The summed E-state index contributed by atoms with van der Waals surface area (Å²) in [7, 11) is 0. The average molecular weight is 787 g/mol. The van der Waals surface area contributed by atoms with Gasteiger partial charge in [0.05, 0.1) is 17.8 Å². The van der Waals surface area contributed by atoms with Crippen molar-refractivity contribution in [2.75, 3.05) is 32.8 Å². The number of carbonyl (C=O) groups is 1. The third-order valence-corrected chi connectivity index (χ3v) is 9.91. The van der Waals surface area contributed by atoms with Crippen molar-refractivity contribution in [1.29, 1.82) is 0 Å². The van der Waals surface area contributed by atoms with Gasteiger partial charge in [0.15, 0.2) is 5.75 Å². The molecule has 1 aliphatic rings. The van der Waals surface area contributed by atoms with Gasteiger partial charge in [-0.1, -0.05) is 91.6 Å². The van der Waals surface area contributed by atoms with Crippen molar-refractivity contribution in [2.45, 2.75) is 46.3 Å². The van der Waals surface area contributed by atoms with Crippen LogP contribution < -0.4 is 14.2 Å². The Bertz CT molecular complexity index is 1970. The summed E-state index contributed by atoms with van der Waals surface area (Å²) in [6.45, 7) is 11.2. The van der Waals surface area contributed by atoms with Crippen LogP contribution in [0, 0.1) is 6.92 Å². The Morgan fingerprint density at radius 1 is 0.833 bits per heavy atom. The molecule has 6 rings (SSSR count). The van der Waals surface area contributed by atoms with E-state index in [0.29, 0.717) is 59.6 Å².